The van der Waals surface area contributed by atoms with Crippen molar-refractivity contribution >= 4 is 26.5 Å². The van der Waals surface area contributed by atoms with Crippen LogP contribution in [-0.2, 0) is 6.51 Å². The molecule has 2 aromatic rings. The second-order valence-electron chi connectivity index (χ2n) is 23.7. The van der Waals surface area contributed by atoms with E-state index in [4.69, 9.17) is 0 Å². The summed E-state index contributed by atoms with van der Waals surface area (Å²) in [5.74, 6) is 9.35. The van der Waals surface area contributed by atoms with Gasteiger partial charge in [-0.2, -0.15) is 0 Å². The number of benzene rings is 2. The average Bonchev–Trinajstić information content (AvgIpc) is 4.02. The summed E-state index contributed by atoms with van der Waals surface area (Å²) in [4.78, 5) is 11.6. The van der Waals surface area contributed by atoms with Gasteiger partial charge in [-0.25, -0.2) is 0 Å². The standard InChI is InChI=1S/C39H47P2.C5H5.Fe/c1-25(40(34-9-4-2-5-10-34)35-11-6-3-7-12-35)36-13-8-14-37(36)41(38-30-17-26-15-27(19-30)20-31(38)18-26)39-32-21-28-16-29(23-32)24-33(39)22-28;1-2-4-5-3-1;/h2-14,25-33,38-39H,15-24H2,1H3;1-5H;. The van der Waals surface area contributed by atoms with E-state index in [0.717, 1.165) is 37.7 Å². The van der Waals surface area contributed by atoms with E-state index in [1.165, 1.54) is 73.5 Å². The van der Waals surface area contributed by atoms with Gasteiger partial charge in [0, 0.05) is 0 Å². The van der Waals surface area contributed by atoms with Crippen LogP contribution in [0.2, 0.25) is 42.8 Å². The molecule has 246 valence electrons. The maximum absolute atomic E-state index is 3.77. The third-order valence-electron chi connectivity index (χ3n) is 27.3. The number of hydrogen-bond acceptors (Lipinski definition) is 0. The SMILES string of the molecule is CC(P(c1ccccc1)c1ccccc1)[C@@]12[CH]3[CH]4[CH]5[C]1(P(C1C6CC7CC(C6)CC1C7)C1C6CC7CC(C6)CC1C7)[Fe]45321678[CH]2[CH]1[CH]6[CH]7[CH]28. The van der Waals surface area contributed by atoms with Crippen LogP contribution >= 0.6 is 15.8 Å². The first-order chi connectivity index (χ1) is 22.9. The van der Waals surface area contributed by atoms with Crippen molar-refractivity contribution in [1.82, 2.24) is 0 Å². The molecule has 0 N–H and O–H groups in total. The summed E-state index contributed by atoms with van der Waals surface area (Å²) >= 11 is 0. The topological polar surface area (TPSA) is 0 Å². The molecule has 2 aromatic carbocycles. The second-order valence-corrected chi connectivity index (χ2v) is 52.6. The van der Waals surface area contributed by atoms with Gasteiger partial charge in [0.25, 0.3) is 0 Å². The quantitative estimate of drug-likeness (QED) is 0.199. The molecule has 0 radical (unpaired) electrons. The van der Waals surface area contributed by atoms with Gasteiger partial charge in [0.05, 0.1) is 0 Å². The van der Waals surface area contributed by atoms with E-state index >= 15 is 0 Å². The molecule has 8 bridgehead atoms. The molecule has 8 saturated carbocycles. The van der Waals surface area contributed by atoms with Gasteiger partial charge in [-0.3, -0.25) is 0 Å². The summed E-state index contributed by atoms with van der Waals surface area (Å²) in [6.45, 7) is -0.760. The van der Waals surface area contributed by atoms with E-state index < -0.39 is 6.51 Å². The molecule has 3 heteroatoms. The third-order valence-corrected chi connectivity index (χ3v) is 82.2. The van der Waals surface area contributed by atoms with Crippen molar-refractivity contribution in [2.45, 2.75) is 135 Å². The molecule has 10 aliphatic heterocycles. The Bertz CT molecular complexity index is 2130. The summed E-state index contributed by atoms with van der Waals surface area (Å²) in [5, 5.41) is 3.50. The first-order valence-corrected chi connectivity index (χ1v) is 29.9. The predicted molar refractivity (Wildman–Crippen MR) is 193 cm³/mol. The van der Waals surface area contributed by atoms with E-state index in [1.807, 2.05) is 0 Å². The Morgan fingerprint density at radius 2 is 0.936 bits per heavy atom. The molecule has 18 fully saturated rings. The van der Waals surface area contributed by atoms with Gasteiger partial charge < -0.3 is 0 Å². The Labute approximate surface area is 274 Å². The Morgan fingerprint density at radius 1 is 0.532 bits per heavy atom. The molecule has 20 rings (SSSR count). The first kappa shape index (κ1) is 24.1. The number of fused-ring (bicyclic) bond motifs is 10. The number of rotatable bonds is 7. The van der Waals surface area contributed by atoms with Crippen LogP contribution in [0.5, 0.6) is 0 Å². The third kappa shape index (κ3) is 0.804. The molecule has 10 heterocycles. The van der Waals surface area contributed by atoms with Crippen LogP contribution in [0, 0.1) is 47.3 Å². The van der Waals surface area contributed by atoms with Crippen LogP contribution in [0.1, 0.15) is 71.1 Å². The molecule has 0 nitrogen and oxygen atoms in total. The van der Waals surface area contributed by atoms with Crippen molar-refractivity contribution in [3.63, 3.8) is 0 Å². The normalized spacial score (nSPS) is 77.1. The molecular formula is C44H52FeP2. The summed E-state index contributed by atoms with van der Waals surface area (Å²) in [6.07, 6.45) is 16.9. The van der Waals surface area contributed by atoms with Crippen LogP contribution in [0.25, 0.3) is 0 Å². The molecule has 5 unspecified atom stereocenters. The van der Waals surface area contributed by atoms with E-state index in [1.54, 1.807) is 74.8 Å². The molecule has 0 aromatic heterocycles. The first-order valence-electron chi connectivity index (χ1n) is 20.8. The minimum absolute atomic E-state index is 0.189. The summed E-state index contributed by atoms with van der Waals surface area (Å²) in [7, 11) is -0.0992. The van der Waals surface area contributed by atoms with Gasteiger partial charge >= 0.3 is 276 Å². The van der Waals surface area contributed by atoms with Crippen LogP contribution in [0.4, 0.5) is 0 Å². The van der Waals surface area contributed by atoms with E-state index in [9.17, 15) is 0 Å². The molecule has 18 aliphatic rings. The van der Waals surface area contributed by atoms with Crippen molar-refractivity contribution in [3.05, 3.63) is 60.7 Å². The van der Waals surface area contributed by atoms with Gasteiger partial charge in [0.2, 0.25) is 0 Å². The van der Waals surface area contributed by atoms with Gasteiger partial charge in [-0.15, -0.1) is 0 Å². The van der Waals surface area contributed by atoms with E-state index in [0.29, 0.717) is 0 Å². The van der Waals surface area contributed by atoms with Gasteiger partial charge in [0.15, 0.2) is 0 Å². The van der Waals surface area contributed by atoms with Crippen molar-refractivity contribution < 1.29 is 6.51 Å². The van der Waals surface area contributed by atoms with E-state index in [2.05, 4.69) is 67.6 Å². The molecule has 10 saturated heterocycles. The molecule has 1 spiro atoms. The summed E-state index contributed by atoms with van der Waals surface area (Å²) < 4.78 is 2.02. The predicted octanol–water partition coefficient (Wildman–Crippen LogP) is 11.3. The van der Waals surface area contributed by atoms with Crippen LogP contribution in [0.15, 0.2) is 60.7 Å². The van der Waals surface area contributed by atoms with Crippen LogP contribution in [0.3, 0.4) is 0 Å². The average molecular weight is 699 g/mol. The molecular weight excluding hydrogens is 646 g/mol. The maximum atomic E-state index is 3.01. The Hall–Kier alpha value is -0.181. The van der Waals surface area contributed by atoms with Crippen molar-refractivity contribution in [2.75, 3.05) is 0 Å². The zero-order valence-electron chi connectivity index (χ0n) is 28.1. The molecule has 0 amide bonds. The minimum atomic E-state index is -3.77. The van der Waals surface area contributed by atoms with Crippen molar-refractivity contribution in [1.29, 1.82) is 0 Å². The number of hydrogen-bond donors (Lipinski definition) is 0. The van der Waals surface area contributed by atoms with Crippen molar-refractivity contribution in [2.24, 2.45) is 47.3 Å². The Balaban J connectivity index is 0.922. The fraction of sp³-hybridized carbons (Fsp3) is 0.727. The van der Waals surface area contributed by atoms with Gasteiger partial charge in [-0.05, 0) is 0 Å². The molecule has 8 aliphatic carbocycles. The second kappa shape index (κ2) is 4.33. The van der Waals surface area contributed by atoms with Crippen LogP contribution < -0.4 is 10.6 Å². The molecule has 6 atom stereocenters. The van der Waals surface area contributed by atoms with Gasteiger partial charge in [-0.1, -0.05) is 0 Å². The summed E-state index contributed by atoms with van der Waals surface area (Å²) in [5.41, 5.74) is 3.48. The van der Waals surface area contributed by atoms with E-state index in [-0.39, 0.29) is 15.8 Å². The summed E-state index contributed by atoms with van der Waals surface area (Å²) in [6, 6.07) is 24.6. The Kier molecular flexibility index (Phi) is 2.22. The Morgan fingerprint density at radius 3 is 1.30 bits per heavy atom. The van der Waals surface area contributed by atoms with Crippen molar-refractivity contribution in [3.8, 4) is 0 Å². The fourth-order valence-corrected chi connectivity index (χ4v) is 130. The zero-order chi connectivity index (χ0) is 29.7. The molecule has 47 heavy (non-hydrogen) atoms. The fourth-order valence-electron chi connectivity index (χ4n) is 29.9. The van der Waals surface area contributed by atoms with Gasteiger partial charge in [0.1, 0.15) is 0 Å². The zero-order valence-corrected chi connectivity index (χ0v) is 31.0. The monoisotopic (exact) mass is 698 g/mol. The van der Waals surface area contributed by atoms with Crippen LogP contribution in [-0.4, -0.2) is 21.0 Å².